The molecule has 1 rings (SSSR count). The fraction of sp³-hybridized carbons (Fsp3) is 0.750. The number of rotatable bonds is 8. The quantitative estimate of drug-likeness (QED) is 0.613. The number of carbonyl (C=O) groups excluding carboxylic acids is 1. The van der Waals surface area contributed by atoms with Gasteiger partial charge in [0.25, 0.3) is 0 Å². The SMILES string of the molecule is CC.CC.CCC(=O)CCCCCCc1ncc(Br)[nH]1. The second-order valence-electron chi connectivity index (χ2n) is 3.98. The summed E-state index contributed by atoms with van der Waals surface area (Å²) >= 11 is 3.33. The lowest BCUT2D eigenvalue weighted by molar-refractivity contribution is -0.118. The van der Waals surface area contributed by atoms with Gasteiger partial charge >= 0.3 is 0 Å². The first-order valence-electron chi connectivity index (χ1n) is 7.93. The largest absolute Gasteiger partial charge is 0.337 e. The Balaban J connectivity index is 0. The average molecular weight is 347 g/mol. The van der Waals surface area contributed by atoms with Crippen molar-refractivity contribution in [1.29, 1.82) is 0 Å². The van der Waals surface area contributed by atoms with Crippen LogP contribution in [0.5, 0.6) is 0 Å². The highest BCUT2D eigenvalue weighted by molar-refractivity contribution is 9.10. The Morgan fingerprint density at radius 1 is 1.15 bits per heavy atom. The Morgan fingerprint density at radius 2 is 1.75 bits per heavy atom. The molecule has 1 N–H and O–H groups in total. The second kappa shape index (κ2) is 16.4. The molecule has 118 valence electrons. The average Bonchev–Trinajstić information content (AvgIpc) is 2.92. The van der Waals surface area contributed by atoms with Gasteiger partial charge in [-0.3, -0.25) is 4.79 Å². The number of nitrogens with one attached hydrogen (secondary N) is 1. The normalized spacial score (nSPS) is 9.10. The first kappa shape index (κ1) is 21.7. The predicted octanol–water partition coefficient (Wildman–Crippen LogP) is 5.70. The number of halogens is 1. The van der Waals surface area contributed by atoms with E-state index in [2.05, 4.69) is 25.9 Å². The lowest BCUT2D eigenvalue weighted by atomic mass is 10.1. The van der Waals surface area contributed by atoms with E-state index in [-0.39, 0.29) is 0 Å². The van der Waals surface area contributed by atoms with E-state index in [0.717, 1.165) is 42.5 Å². The standard InChI is InChI=1S/C12H19BrN2O.2C2H6/c1-2-10(16)7-5-3-4-6-8-12-14-9-11(13)15-12;2*1-2/h9H,2-8H2,1H3,(H,14,15);2*1-2H3. The summed E-state index contributed by atoms with van der Waals surface area (Å²) in [5.74, 6) is 1.42. The first-order chi connectivity index (χ1) is 9.72. The number of aromatic nitrogens is 2. The van der Waals surface area contributed by atoms with Gasteiger partial charge < -0.3 is 4.98 Å². The van der Waals surface area contributed by atoms with Gasteiger partial charge in [-0.15, -0.1) is 0 Å². The number of aromatic amines is 1. The van der Waals surface area contributed by atoms with Crippen LogP contribution in [0.15, 0.2) is 10.8 Å². The molecule has 4 heteroatoms. The summed E-state index contributed by atoms with van der Waals surface area (Å²) in [5, 5.41) is 0. The van der Waals surface area contributed by atoms with E-state index in [1.807, 2.05) is 34.6 Å². The third kappa shape index (κ3) is 12.4. The van der Waals surface area contributed by atoms with Gasteiger partial charge in [0.1, 0.15) is 16.2 Å². The van der Waals surface area contributed by atoms with Crippen LogP contribution in [-0.2, 0) is 11.2 Å². The van der Waals surface area contributed by atoms with Crippen LogP contribution >= 0.6 is 15.9 Å². The molecule has 0 bridgehead atoms. The van der Waals surface area contributed by atoms with Crippen molar-refractivity contribution in [1.82, 2.24) is 9.97 Å². The molecule has 0 aliphatic rings. The molecule has 1 aromatic heterocycles. The molecule has 20 heavy (non-hydrogen) atoms. The number of unbranched alkanes of at least 4 members (excludes halogenated alkanes) is 3. The summed E-state index contributed by atoms with van der Waals surface area (Å²) in [4.78, 5) is 18.4. The number of nitrogens with zero attached hydrogens (tertiary/aromatic N) is 1. The highest BCUT2D eigenvalue weighted by Gasteiger charge is 2.00. The van der Waals surface area contributed by atoms with E-state index in [4.69, 9.17) is 0 Å². The van der Waals surface area contributed by atoms with Crippen molar-refractivity contribution >= 4 is 21.7 Å². The van der Waals surface area contributed by atoms with Crippen molar-refractivity contribution in [3.63, 3.8) is 0 Å². The number of hydrogen-bond donors (Lipinski definition) is 1. The zero-order valence-corrected chi connectivity index (χ0v) is 15.3. The minimum Gasteiger partial charge on any atom is -0.337 e. The molecule has 0 atom stereocenters. The van der Waals surface area contributed by atoms with Crippen LogP contribution in [0.2, 0.25) is 0 Å². The Bertz CT molecular complexity index is 324. The monoisotopic (exact) mass is 346 g/mol. The molecular weight excluding hydrogens is 316 g/mol. The first-order valence-corrected chi connectivity index (χ1v) is 8.72. The lowest BCUT2D eigenvalue weighted by Crippen LogP contribution is -1.94. The minimum atomic E-state index is 0.384. The van der Waals surface area contributed by atoms with Crippen LogP contribution in [0, 0.1) is 0 Å². The molecule has 0 saturated carbocycles. The smallest absolute Gasteiger partial charge is 0.132 e. The van der Waals surface area contributed by atoms with Gasteiger partial charge in [-0.2, -0.15) is 0 Å². The van der Waals surface area contributed by atoms with Crippen molar-refractivity contribution in [3.05, 3.63) is 16.6 Å². The van der Waals surface area contributed by atoms with Crippen LogP contribution in [-0.4, -0.2) is 15.8 Å². The summed E-state index contributed by atoms with van der Waals surface area (Å²) in [7, 11) is 0. The summed E-state index contributed by atoms with van der Waals surface area (Å²) in [6.45, 7) is 9.93. The van der Waals surface area contributed by atoms with E-state index in [9.17, 15) is 4.79 Å². The van der Waals surface area contributed by atoms with Gasteiger partial charge in [-0.25, -0.2) is 4.98 Å². The van der Waals surface area contributed by atoms with Crippen LogP contribution in [0.3, 0.4) is 0 Å². The molecule has 1 heterocycles. The van der Waals surface area contributed by atoms with Crippen molar-refractivity contribution in [2.24, 2.45) is 0 Å². The fourth-order valence-electron chi connectivity index (χ4n) is 1.61. The van der Waals surface area contributed by atoms with Crippen LogP contribution in [0.4, 0.5) is 0 Å². The van der Waals surface area contributed by atoms with E-state index in [0.29, 0.717) is 12.2 Å². The van der Waals surface area contributed by atoms with Crippen LogP contribution in [0.25, 0.3) is 0 Å². The topological polar surface area (TPSA) is 45.8 Å². The molecule has 0 aromatic carbocycles. The van der Waals surface area contributed by atoms with Gasteiger partial charge in [0.15, 0.2) is 0 Å². The molecule has 0 aliphatic heterocycles. The van der Waals surface area contributed by atoms with Crippen molar-refractivity contribution in [2.75, 3.05) is 0 Å². The van der Waals surface area contributed by atoms with Crippen molar-refractivity contribution < 1.29 is 4.79 Å². The molecule has 0 amide bonds. The maximum absolute atomic E-state index is 11.0. The van der Waals surface area contributed by atoms with E-state index in [1.165, 1.54) is 6.42 Å². The second-order valence-corrected chi connectivity index (χ2v) is 4.84. The lowest BCUT2D eigenvalue weighted by Gasteiger charge is -1.99. The molecule has 3 nitrogen and oxygen atoms in total. The van der Waals surface area contributed by atoms with Gasteiger partial charge in [0, 0.05) is 19.3 Å². The number of hydrogen-bond acceptors (Lipinski definition) is 2. The molecule has 0 saturated heterocycles. The highest BCUT2D eigenvalue weighted by atomic mass is 79.9. The van der Waals surface area contributed by atoms with Crippen molar-refractivity contribution in [3.8, 4) is 0 Å². The zero-order chi connectivity index (χ0) is 15.8. The Labute approximate surface area is 133 Å². The van der Waals surface area contributed by atoms with Gasteiger partial charge in [-0.1, -0.05) is 47.5 Å². The fourth-order valence-corrected chi connectivity index (χ4v) is 1.94. The Morgan fingerprint density at radius 3 is 2.25 bits per heavy atom. The highest BCUT2D eigenvalue weighted by Crippen LogP contribution is 2.10. The third-order valence-corrected chi connectivity index (χ3v) is 3.01. The van der Waals surface area contributed by atoms with Gasteiger partial charge in [-0.05, 0) is 28.8 Å². The summed E-state index contributed by atoms with van der Waals surface area (Å²) in [6.07, 6.45) is 8.71. The van der Waals surface area contributed by atoms with E-state index in [1.54, 1.807) is 6.20 Å². The number of carbonyl (C=O) groups is 1. The van der Waals surface area contributed by atoms with E-state index >= 15 is 0 Å². The predicted molar refractivity (Wildman–Crippen MR) is 91.1 cm³/mol. The zero-order valence-electron chi connectivity index (χ0n) is 13.8. The van der Waals surface area contributed by atoms with Crippen LogP contribution in [0.1, 0.15) is 79.0 Å². The van der Waals surface area contributed by atoms with Crippen LogP contribution < -0.4 is 0 Å². The summed E-state index contributed by atoms with van der Waals surface area (Å²) in [6, 6.07) is 0. The molecule has 0 radical (unpaired) electrons. The molecule has 0 fully saturated rings. The third-order valence-electron chi connectivity index (χ3n) is 2.61. The summed E-state index contributed by atoms with van der Waals surface area (Å²) < 4.78 is 0.941. The molecule has 1 aromatic rings. The minimum absolute atomic E-state index is 0.384. The maximum atomic E-state index is 11.0. The van der Waals surface area contributed by atoms with Crippen molar-refractivity contribution in [2.45, 2.75) is 79.6 Å². The number of H-pyrrole nitrogens is 1. The summed E-state index contributed by atoms with van der Waals surface area (Å²) in [5.41, 5.74) is 0. The Kier molecular flexibility index (Phi) is 17.8. The number of imidazole rings is 1. The number of Topliss-reactive ketones (excluding diaryl/α,β-unsaturated/α-hetero) is 1. The molecular formula is C16H31BrN2O. The number of aryl methyl sites for hydroxylation is 1. The molecule has 0 aliphatic carbocycles. The van der Waals surface area contributed by atoms with Gasteiger partial charge in [0.05, 0.1) is 6.20 Å². The Hall–Kier alpha value is -0.640. The molecule has 0 unspecified atom stereocenters. The van der Waals surface area contributed by atoms with Gasteiger partial charge in [0.2, 0.25) is 0 Å². The maximum Gasteiger partial charge on any atom is 0.132 e. The van der Waals surface area contributed by atoms with E-state index < -0.39 is 0 Å². The molecule has 0 spiro atoms. The number of ketones is 1.